The van der Waals surface area contributed by atoms with Crippen LogP contribution in [-0.2, 0) is 0 Å². The Morgan fingerprint density at radius 2 is 1.71 bits per heavy atom. The van der Waals surface area contributed by atoms with Crippen LogP contribution in [0.2, 0.25) is 0 Å². The molecule has 0 radical (unpaired) electrons. The van der Waals surface area contributed by atoms with Gasteiger partial charge in [0.2, 0.25) is 5.95 Å². The second kappa shape index (κ2) is 6.16. The fraction of sp³-hybridized carbons (Fsp3) is 0.167. The molecule has 6 nitrogen and oxygen atoms in total. The third kappa shape index (κ3) is 3.43. The molecule has 0 spiro atoms. The summed E-state index contributed by atoms with van der Waals surface area (Å²) in [4.78, 5) is 13.2. The second-order valence-corrected chi connectivity index (χ2v) is 5.79. The molecule has 24 heavy (non-hydrogen) atoms. The largest absolute Gasteiger partial charge is 0.508 e. The van der Waals surface area contributed by atoms with Crippen LogP contribution in [0.5, 0.6) is 5.75 Å². The molecule has 0 bridgehead atoms. The van der Waals surface area contributed by atoms with E-state index in [4.69, 9.17) is 0 Å². The molecule has 3 N–H and O–H groups in total. The molecule has 0 atom stereocenters. The van der Waals surface area contributed by atoms with Crippen LogP contribution in [0.15, 0.2) is 54.9 Å². The number of phenolic OH excluding ortho intramolecular Hbond substituents is 1. The summed E-state index contributed by atoms with van der Waals surface area (Å²) in [6.07, 6.45) is 5.81. The molecule has 1 aliphatic carbocycles. The lowest BCUT2D eigenvalue weighted by molar-refractivity contribution is 0.475. The molecule has 2 heterocycles. The van der Waals surface area contributed by atoms with E-state index in [0.717, 1.165) is 29.8 Å². The Morgan fingerprint density at radius 3 is 2.42 bits per heavy atom. The Kier molecular flexibility index (Phi) is 3.70. The van der Waals surface area contributed by atoms with Gasteiger partial charge in [-0.2, -0.15) is 4.98 Å². The molecule has 120 valence electrons. The van der Waals surface area contributed by atoms with Crippen LogP contribution in [0.25, 0.3) is 11.3 Å². The molecule has 3 aromatic rings. The molecular formula is C18H17N5O. The highest BCUT2D eigenvalue weighted by Gasteiger charge is 2.22. The van der Waals surface area contributed by atoms with Crippen molar-refractivity contribution >= 4 is 17.5 Å². The minimum absolute atomic E-state index is 0.233. The van der Waals surface area contributed by atoms with E-state index >= 15 is 0 Å². The maximum Gasteiger partial charge on any atom is 0.225 e. The number of pyridine rings is 1. The predicted octanol–water partition coefficient (Wildman–Crippen LogP) is 3.56. The number of nitrogens with one attached hydrogen (secondary N) is 2. The topological polar surface area (TPSA) is 83.0 Å². The van der Waals surface area contributed by atoms with E-state index in [1.165, 1.54) is 0 Å². The van der Waals surface area contributed by atoms with Crippen LogP contribution in [0.1, 0.15) is 12.8 Å². The molecule has 0 aliphatic heterocycles. The summed E-state index contributed by atoms with van der Waals surface area (Å²) in [5, 5.41) is 16.0. The number of benzene rings is 1. The number of hydrogen-bond acceptors (Lipinski definition) is 6. The van der Waals surface area contributed by atoms with E-state index < -0.39 is 0 Å². The van der Waals surface area contributed by atoms with Gasteiger partial charge in [0.1, 0.15) is 11.6 Å². The molecule has 6 heteroatoms. The van der Waals surface area contributed by atoms with E-state index in [0.29, 0.717) is 17.8 Å². The van der Waals surface area contributed by atoms with Crippen LogP contribution in [0.4, 0.5) is 17.5 Å². The summed E-state index contributed by atoms with van der Waals surface area (Å²) in [5.41, 5.74) is 2.67. The number of nitrogens with zero attached hydrogens (tertiary/aromatic N) is 3. The van der Waals surface area contributed by atoms with E-state index in [1.807, 2.05) is 18.2 Å². The van der Waals surface area contributed by atoms with Gasteiger partial charge in [-0.05, 0) is 49.2 Å². The number of aromatic hydroxyl groups is 1. The van der Waals surface area contributed by atoms with E-state index in [9.17, 15) is 5.11 Å². The standard InChI is InChI=1S/C18H17N5O/c24-15-5-3-13(4-6-15)20-17-11-16(12-7-9-19-10-8-12)22-18(23-17)21-14-1-2-14/h3-11,14,24H,1-2H2,(H2,20,21,22,23). The van der Waals surface area contributed by atoms with E-state index in [2.05, 4.69) is 25.6 Å². The van der Waals surface area contributed by atoms with Crippen molar-refractivity contribution in [3.8, 4) is 17.0 Å². The maximum absolute atomic E-state index is 9.40. The molecule has 0 amide bonds. The second-order valence-electron chi connectivity index (χ2n) is 5.79. The van der Waals surface area contributed by atoms with Crippen LogP contribution >= 0.6 is 0 Å². The Morgan fingerprint density at radius 1 is 0.958 bits per heavy atom. The molecule has 1 saturated carbocycles. The summed E-state index contributed by atoms with van der Waals surface area (Å²) in [6, 6.07) is 13.1. The van der Waals surface area contributed by atoms with E-state index in [-0.39, 0.29) is 5.75 Å². The van der Waals surface area contributed by atoms with Crippen LogP contribution in [-0.4, -0.2) is 26.1 Å². The summed E-state index contributed by atoms with van der Waals surface area (Å²) in [5.74, 6) is 1.55. The average molecular weight is 319 g/mol. The van der Waals surface area contributed by atoms with Crippen molar-refractivity contribution in [2.24, 2.45) is 0 Å². The lowest BCUT2D eigenvalue weighted by Crippen LogP contribution is -2.07. The lowest BCUT2D eigenvalue weighted by Gasteiger charge is -2.11. The van der Waals surface area contributed by atoms with Gasteiger partial charge >= 0.3 is 0 Å². The van der Waals surface area contributed by atoms with Crippen LogP contribution < -0.4 is 10.6 Å². The fourth-order valence-electron chi connectivity index (χ4n) is 2.35. The van der Waals surface area contributed by atoms with Gasteiger partial charge in [-0.1, -0.05) is 0 Å². The van der Waals surface area contributed by atoms with Gasteiger partial charge in [-0.15, -0.1) is 0 Å². The third-order valence-electron chi connectivity index (χ3n) is 3.75. The Labute approximate surface area is 139 Å². The first-order valence-corrected chi connectivity index (χ1v) is 7.88. The molecule has 0 unspecified atom stereocenters. The zero-order valence-electron chi connectivity index (χ0n) is 13.0. The summed E-state index contributed by atoms with van der Waals surface area (Å²) < 4.78 is 0. The quantitative estimate of drug-likeness (QED) is 0.624. The lowest BCUT2D eigenvalue weighted by atomic mass is 10.2. The van der Waals surface area contributed by atoms with Gasteiger partial charge in [-0.3, -0.25) is 4.98 Å². The molecule has 1 fully saturated rings. The van der Waals surface area contributed by atoms with Crippen LogP contribution in [0.3, 0.4) is 0 Å². The Bertz CT molecular complexity index is 832. The van der Waals surface area contributed by atoms with Gasteiger partial charge in [0, 0.05) is 35.8 Å². The van der Waals surface area contributed by atoms with Gasteiger partial charge < -0.3 is 15.7 Å². The zero-order valence-corrected chi connectivity index (χ0v) is 13.0. The van der Waals surface area contributed by atoms with Crippen molar-refractivity contribution in [3.63, 3.8) is 0 Å². The summed E-state index contributed by atoms with van der Waals surface area (Å²) in [6.45, 7) is 0. The van der Waals surface area contributed by atoms with Crippen molar-refractivity contribution in [2.45, 2.75) is 18.9 Å². The zero-order chi connectivity index (χ0) is 16.4. The van der Waals surface area contributed by atoms with Crippen molar-refractivity contribution in [2.75, 3.05) is 10.6 Å². The summed E-state index contributed by atoms with van der Waals surface area (Å²) >= 11 is 0. The van der Waals surface area contributed by atoms with Gasteiger partial charge in [0.05, 0.1) is 5.69 Å². The third-order valence-corrected chi connectivity index (χ3v) is 3.75. The highest BCUT2D eigenvalue weighted by molar-refractivity contribution is 5.67. The number of phenols is 1. The monoisotopic (exact) mass is 319 g/mol. The summed E-state index contributed by atoms with van der Waals surface area (Å²) in [7, 11) is 0. The highest BCUT2D eigenvalue weighted by Crippen LogP contribution is 2.27. The molecular weight excluding hydrogens is 302 g/mol. The molecule has 0 saturated heterocycles. The minimum atomic E-state index is 0.233. The average Bonchev–Trinajstić information content (AvgIpc) is 3.42. The fourth-order valence-corrected chi connectivity index (χ4v) is 2.35. The number of anilines is 3. The van der Waals surface area contributed by atoms with Gasteiger partial charge in [-0.25, -0.2) is 4.98 Å². The Balaban J connectivity index is 1.67. The smallest absolute Gasteiger partial charge is 0.225 e. The minimum Gasteiger partial charge on any atom is -0.508 e. The first kappa shape index (κ1) is 14.4. The van der Waals surface area contributed by atoms with Crippen molar-refractivity contribution in [1.82, 2.24) is 15.0 Å². The highest BCUT2D eigenvalue weighted by atomic mass is 16.3. The molecule has 4 rings (SSSR count). The number of rotatable bonds is 5. The Hall–Kier alpha value is -3.15. The first-order chi connectivity index (χ1) is 11.8. The van der Waals surface area contributed by atoms with E-state index in [1.54, 1.807) is 36.7 Å². The first-order valence-electron chi connectivity index (χ1n) is 7.88. The maximum atomic E-state index is 9.40. The van der Waals surface area contributed by atoms with Gasteiger partial charge in [0.15, 0.2) is 0 Å². The molecule has 1 aromatic carbocycles. The van der Waals surface area contributed by atoms with Crippen molar-refractivity contribution < 1.29 is 5.11 Å². The SMILES string of the molecule is Oc1ccc(Nc2cc(-c3ccncc3)nc(NC3CC3)n2)cc1. The van der Waals surface area contributed by atoms with Crippen molar-refractivity contribution in [3.05, 3.63) is 54.9 Å². The van der Waals surface area contributed by atoms with Gasteiger partial charge in [0.25, 0.3) is 0 Å². The number of aromatic nitrogens is 3. The normalized spacial score (nSPS) is 13.5. The molecule has 2 aromatic heterocycles. The van der Waals surface area contributed by atoms with Crippen LogP contribution in [0, 0.1) is 0 Å². The van der Waals surface area contributed by atoms with Crippen molar-refractivity contribution in [1.29, 1.82) is 0 Å². The predicted molar refractivity (Wildman–Crippen MR) is 93.3 cm³/mol. The number of hydrogen-bond donors (Lipinski definition) is 3. The molecule has 1 aliphatic rings.